The largest absolute Gasteiger partial charge is 0.464 e. The quantitative estimate of drug-likeness (QED) is 0.853. The van der Waals surface area contributed by atoms with Crippen molar-refractivity contribution >= 4 is 27.3 Å². The van der Waals surface area contributed by atoms with E-state index in [1.807, 2.05) is 0 Å². The van der Waals surface area contributed by atoms with Crippen LogP contribution in [0.4, 0.5) is 0 Å². The Morgan fingerprint density at radius 3 is 2.81 bits per heavy atom. The molecule has 1 fully saturated rings. The summed E-state index contributed by atoms with van der Waals surface area (Å²) in [6, 6.07) is -0.105. The zero-order chi connectivity index (χ0) is 15.6. The van der Waals surface area contributed by atoms with Gasteiger partial charge < -0.3 is 4.74 Å². The number of esters is 1. The van der Waals surface area contributed by atoms with Crippen LogP contribution in [0.2, 0.25) is 0 Å². The van der Waals surface area contributed by atoms with Crippen LogP contribution in [-0.4, -0.2) is 32.5 Å². The molecule has 0 spiro atoms. The van der Waals surface area contributed by atoms with Gasteiger partial charge in [-0.1, -0.05) is 26.7 Å². The predicted molar refractivity (Wildman–Crippen MR) is 79.7 cm³/mol. The summed E-state index contributed by atoms with van der Waals surface area (Å²) in [5.41, 5.74) is 1.19. The number of methoxy groups -OCH3 is 1. The average molecular weight is 332 g/mol. The molecule has 1 aromatic rings. The van der Waals surface area contributed by atoms with E-state index < -0.39 is 16.0 Å². The number of thiazole rings is 1. The summed E-state index contributed by atoms with van der Waals surface area (Å²) in [6.45, 7) is 4.20. The van der Waals surface area contributed by atoms with Crippen LogP contribution in [0, 0.1) is 11.8 Å². The van der Waals surface area contributed by atoms with Crippen LogP contribution in [0.3, 0.4) is 0 Å². The minimum Gasteiger partial charge on any atom is -0.464 e. The molecular formula is C13H20N2O4S2. The van der Waals surface area contributed by atoms with Crippen LogP contribution < -0.4 is 4.72 Å². The van der Waals surface area contributed by atoms with E-state index in [4.69, 9.17) is 0 Å². The summed E-state index contributed by atoms with van der Waals surface area (Å²) in [5, 5.41) is 0. The molecule has 1 heterocycles. The fourth-order valence-electron chi connectivity index (χ4n) is 2.66. The zero-order valence-corrected chi connectivity index (χ0v) is 14.0. The Hall–Kier alpha value is -0.990. The van der Waals surface area contributed by atoms with Crippen LogP contribution in [0.15, 0.2) is 9.72 Å². The van der Waals surface area contributed by atoms with E-state index in [1.54, 1.807) is 0 Å². The minimum absolute atomic E-state index is 0.0697. The van der Waals surface area contributed by atoms with Gasteiger partial charge in [0.1, 0.15) is 0 Å². The molecule has 2 rings (SSSR count). The Kier molecular flexibility index (Phi) is 5.00. The van der Waals surface area contributed by atoms with Crippen molar-refractivity contribution in [1.29, 1.82) is 0 Å². The standard InChI is InChI=1S/C13H20N2O4S2/c1-8-5-4-6-10(9(8)2)15-21(17,18)13-11(12(16)19-3)14-7-20-13/h7-10,15H,4-6H2,1-3H3. The highest BCUT2D eigenvalue weighted by Crippen LogP contribution is 2.31. The molecule has 6 nitrogen and oxygen atoms in total. The molecule has 8 heteroatoms. The molecule has 1 saturated carbocycles. The lowest BCUT2D eigenvalue weighted by Gasteiger charge is -2.34. The number of nitrogens with zero attached hydrogens (tertiary/aromatic N) is 1. The second-order valence-electron chi connectivity index (χ2n) is 5.48. The van der Waals surface area contributed by atoms with Crippen LogP contribution in [-0.2, 0) is 14.8 Å². The maximum Gasteiger partial charge on any atom is 0.358 e. The highest BCUT2D eigenvalue weighted by Gasteiger charge is 2.33. The van der Waals surface area contributed by atoms with Gasteiger partial charge >= 0.3 is 5.97 Å². The van der Waals surface area contributed by atoms with Crippen molar-refractivity contribution in [2.75, 3.05) is 7.11 Å². The van der Waals surface area contributed by atoms with E-state index in [2.05, 4.69) is 28.3 Å². The first-order valence-corrected chi connectivity index (χ1v) is 9.27. The summed E-state index contributed by atoms with van der Waals surface area (Å²) in [7, 11) is -2.55. The summed E-state index contributed by atoms with van der Waals surface area (Å²) in [6.07, 6.45) is 2.94. The van der Waals surface area contributed by atoms with Gasteiger partial charge in [0.25, 0.3) is 10.0 Å². The van der Waals surface area contributed by atoms with Crippen LogP contribution in [0.1, 0.15) is 43.6 Å². The second-order valence-corrected chi connectivity index (χ2v) is 8.24. The summed E-state index contributed by atoms with van der Waals surface area (Å²) < 4.78 is 32.2. The van der Waals surface area contributed by atoms with Crippen LogP contribution in [0.5, 0.6) is 0 Å². The third-order valence-corrected chi connectivity index (χ3v) is 7.03. The van der Waals surface area contributed by atoms with Gasteiger partial charge in [0.15, 0.2) is 9.90 Å². The van der Waals surface area contributed by atoms with Gasteiger partial charge in [0, 0.05) is 6.04 Å². The van der Waals surface area contributed by atoms with E-state index in [-0.39, 0.29) is 21.9 Å². The fourth-order valence-corrected chi connectivity index (χ4v) is 5.17. The Bertz CT molecular complexity index is 611. The van der Waals surface area contributed by atoms with Crippen LogP contribution >= 0.6 is 11.3 Å². The topological polar surface area (TPSA) is 85.4 Å². The fraction of sp³-hybridized carbons (Fsp3) is 0.692. The lowest BCUT2D eigenvalue weighted by atomic mass is 9.78. The van der Waals surface area contributed by atoms with Crippen molar-refractivity contribution < 1.29 is 17.9 Å². The summed E-state index contributed by atoms with van der Waals surface area (Å²) in [4.78, 5) is 15.4. The number of aromatic nitrogens is 1. The normalized spacial score (nSPS) is 26.5. The van der Waals surface area contributed by atoms with Gasteiger partial charge in [-0.2, -0.15) is 0 Å². The molecule has 1 aromatic heterocycles. The molecule has 118 valence electrons. The number of carbonyl (C=O) groups excluding carboxylic acids is 1. The van der Waals surface area contributed by atoms with E-state index in [1.165, 1.54) is 12.6 Å². The molecule has 0 aliphatic heterocycles. The van der Waals surface area contributed by atoms with E-state index in [0.29, 0.717) is 5.92 Å². The smallest absolute Gasteiger partial charge is 0.358 e. The lowest BCUT2D eigenvalue weighted by molar-refractivity contribution is 0.0590. The summed E-state index contributed by atoms with van der Waals surface area (Å²) >= 11 is 0.928. The molecule has 0 saturated heterocycles. The minimum atomic E-state index is -3.75. The van der Waals surface area contributed by atoms with E-state index in [0.717, 1.165) is 30.6 Å². The van der Waals surface area contributed by atoms with E-state index in [9.17, 15) is 13.2 Å². The number of hydrogen-bond donors (Lipinski definition) is 1. The first-order valence-electron chi connectivity index (χ1n) is 6.91. The van der Waals surface area contributed by atoms with Gasteiger partial charge in [-0.05, 0) is 18.3 Å². The van der Waals surface area contributed by atoms with Crippen molar-refractivity contribution in [1.82, 2.24) is 9.71 Å². The molecule has 0 amide bonds. The second kappa shape index (κ2) is 6.41. The molecular weight excluding hydrogens is 312 g/mol. The number of ether oxygens (including phenoxy) is 1. The van der Waals surface area contributed by atoms with Crippen molar-refractivity contribution in [3.05, 3.63) is 11.2 Å². The third-order valence-electron chi connectivity index (χ3n) is 4.17. The molecule has 0 radical (unpaired) electrons. The monoisotopic (exact) mass is 332 g/mol. The highest BCUT2D eigenvalue weighted by atomic mass is 32.2. The Morgan fingerprint density at radius 2 is 2.14 bits per heavy atom. The molecule has 3 atom stereocenters. The number of carbonyl (C=O) groups is 1. The van der Waals surface area contributed by atoms with Gasteiger partial charge in [0.05, 0.1) is 12.6 Å². The molecule has 1 N–H and O–H groups in total. The first kappa shape index (κ1) is 16.4. The Balaban J connectivity index is 2.23. The SMILES string of the molecule is COC(=O)c1ncsc1S(=O)(=O)NC1CCCC(C)C1C. The van der Waals surface area contributed by atoms with Gasteiger partial charge in [-0.25, -0.2) is 22.9 Å². The van der Waals surface area contributed by atoms with E-state index >= 15 is 0 Å². The third kappa shape index (κ3) is 3.44. The van der Waals surface area contributed by atoms with Crippen molar-refractivity contribution in [2.24, 2.45) is 11.8 Å². The van der Waals surface area contributed by atoms with Crippen molar-refractivity contribution in [3.8, 4) is 0 Å². The molecule has 1 aliphatic carbocycles. The number of sulfonamides is 1. The predicted octanol–water partition coefficient (Wildman–Crippen LogP) is 2.03. The number of nitrogens with one attached hydrogen (secondary N) is 1. The van der Waals surface area contributed by atoms with Crippen molar-refractivity contribution in [3.63, 3.8) is 0 Å². The van der Waals surface area contributed by atoms with Gasteiger partial charge in [-0.3, -0.25) is 0 Å². The summed E-state index contributed by atoms with van der Waals surface area (Å²) in [5.74, 6) is 0.0118. The molecule has 1 aliphatic rings. The van der Waals surface area contributed by atoms with Crippen LogP contribution in [0.25, 0.3) is 0 Å². The Morgan fingerprint density at radius 1 is 1.43 bits per heavy atom. The van der Waals surface area contributed by atoms with Gasteiger partial charge in [0.2, 0.25) is 0 Å². The van der Waals surface area contributed by atoms with Crippen molar-refractivity contribution in [2.45, 2.75) is 43.4 Å². The molecule has 21 heavy (non-hydrogen) atoms. The number of hydrogen-bond acceptors (Lipinski definition) is 6. The molecule has 0 bridgehead atoms. The Labute approximate surface area is 129 Å². The zero-order valence-electron chi connectivity index (χ0n) is 12.3. The van der Waals surface area contributed by atoms with Gasteiger partial charge in [-0.15, -0.1) is 11.3 Å². The highest BCUT2D eigenvalue weighted by molar-refractivity contribution is 7.91. The number of rotatable bonds is 4. The maximum absolute atomic E-state index is 12.5. The lowest BCUT2D eigenvalue weighted by Crippen LogP contribution is -2.43. The molecule has 3 unspecified atom stereocenters. The molecule has 0 aromatic carbocycles. The maximum atomic E-state index is 12.5. The average Bonchev–Trinajstić information content (AvgIpc) is 2.93. The first-order chi connectivity index (χ1) is 9.86.